The SMILES string of the molecule is CCCCCCCCCCCCCCCCCCc1ccccc1C(=O)NC(C)=O. The van der Waals surface area contributed by atoms with Gasteiger partial charge in [-0.05, 0) is 24.5 Å². The van der Waals surface area contributed by atoms with E-state index < -0.39 is 0 Å². The Balaban J connectivity index is 1.97. The number of aryl methyl sites for hydroxylation is 1. The van der Waals surface area contributed by atoms with E-state index in [1.54, 1.807) is 6.07 Å². The van der Waals surface area contributed by atoms with Gasteiger partial charge in [-0.15, -0.1) is 0 Å². The Labute approximate surface area is 185 Å². The Bertz CT molecular complexity index is 582. The highest BCUT2D eigenvalue weighted by molar-refractivity contribution is 6.04. The summed E-state index contributed by atoms with van der Waals surface area (Å²) in [7, 11) is 0. The van der Waals surface area contributed by atoms with Crippen molar-refractivity contribution in [2.75, 3.05) is 0 Å². The van der Waals surface area contributed by atoms with Crippen LogP contribution in [-0.2, 0) is 11.2 Å². The van der Waals surface area contributed by atoms with Gasteiger partial charge in [-0.25, -0.2) is 0 Å². The number of benzene rings is 1. The van der Waals surface area contributed by atoms with Crippen molar-refractivity contribution in [3.8, 4) is 0 Å². The van der Waals surface area contributed by atoms with Crippen LogP contribution in [0.2, 0.25) is 0 Å². The fraction of sp³-hybridized carbons (Fsp3) is 0.704. The molecule has 3 heteroatoms. The predicted molar refractivity (Wildman–Crippen MR) is 128 cm³/mol. The molecule has 2 amide bonds. The third kappa shape index (κ3) is 13.6. The van der Waals surface area contributed by atoms with Crippen molar-refractivity contribution < 1.29 is 9.59 Å². The van der Waals surface area contributed by atoms with Gasteiger partial charge in [-0.3, -0.25) is 14.9 Å². The largest absolute Gasteiger partial charge is 0.293 e. The van der Waals surface area contributed by atoms with Gasteiger partial charge in [0, 0.05) is 12.5 Å². The Morgan fingerprint density at radius 1 is 0.667 bits per heavy atom. The maximum absolute atomic E-state index is 12.1. The summed E-state index contributed by atoms with van der Waals surface area (Å²) in [4.78, 5) is 23.2. The van der Waals surface area contributed by atoms with Crippen molar-refractivity contribution in [1.82, 2.24) is 5.32 Å². The fourth-order valence-corrected chi connectivity index (χ4v) is 4.05. The molecule has 0 fully saturated rings. The van der Waals surface area contributed by atoms with Crippen LogP contribution in [0.4, 0.5) is 0 Å². The number of unbranched alkanes of at least 4 members (excludes halogenated alkanes) is 15. The molecule has 0 spiro atoms. The van der Waals surface area contributed by atoms with E-state index in [2.05, 4.69) is 12.2 Å². The van der Waals surface area contributed by atoms with E-state index in [4.69, 9.17) is 0 Å². The lowest BCUT2D eigenvalue weighted by Gasteiger charge is -2.09. The van der Waals surface area contributed by atoms with Gasteiger partial charge >= 0.3 is 0 Å². The average Bonchev–Trinajstić information content (AvgIpc) is 2.73. The summed E-state index contributed by atoms with van der Waals surface area (Å²) in [5, 5.41) is 2.38. The van der Waals surface area contributed by atoms with Crippen LogP contribution in [0.15, 0.2) is 24.3 Å². The highest BCUT2D eigenvalue weighted by Gasteiger charge is 2.11. The molecule has 0 saturated heterocycles. The van der Waals surface area contributed by atoms with Crippen molar-refractivity contribution in [2.24, 2.45) is 0 Å². The zero-order chi connectivity index (χ0) is 21.9. The quantitative estimate of drug-likeness (QED) is 0.249. The number of amides is 2. The Kier molecular flexibility index (Phi) is 16.0. The van der Waals surface area contributed by atoms with E-state index in [9.17, 15) is 9.59 Å². The van der Waals surface area contributed by atoms with Gasteiger partial charge in [0.2, 0.25) is 5.91 Å². The maximum Gasteiger partial charge on any atom is 0.258 e. The first-order valence-corrected chi connectivity index (χ1v) is 12.5. The Morgan fingerprint density at radius 2 is 1.10 bits per heavy atom. The molecule has 0 aliphatic heterocycles. The molecule has 1 N–H and O–H groups in total. The molecule has 1 rings (SSSR count). The van der Waals surface area contributed by atoms with Crippen LogP contribution in [0.3, 0.4) is 0 Å². The van der Waals surface area contributed by atoms with Crippen LogP contribution in [0.1, 0.15) is 133 Å². The Hall–Kier alpha value is -1.64. The van der Waals surface area contributed by atoms with Gasteiger partial charge in [0.05, 0.1) is 0 Å². The standard InChI is InChI=1S/C27H45NO2/c1-3-4-5-6-7-8-9-10-11-12-13-14-15-16-17-18-21-25-22-19-20-23-26(25)27(30)28-24(2)29/h19-20,22-23H,3-18,21H2,1-2H3,(H,28,29,30). The second-order valence-corrected chi connectivity index (χ2v) is 8.72. The fourth-order valence-electron chi connectivity index (χ4n) is 4.05. The smallest absolute Gasteiger partial charge is 0.258 e. The number of rotatable bonds is 18. The third-order valence-electron chi connectivity index (χ3n) is 5.85. The Morgan fingerprint density at radius 3 is 1.57 bits per heavy atom. The van der Waals surface area contributed by atoms with Gasteiger partial charge in [0.15, 0.2) is 0 Å². The van der Waals surface area contributed by atoms with Crippen LogP contribution in [0.5, 0.6) is 0 Å². The normalized spacial score (nSPS) is 10.9. The second-order valence-electron chi connectivity index (χ2n) is 8.72. The number of hydrogen-bond acceptors (Lipinski definition) is 2. The van der Waals surface area contributed by atoms with Gasteiger partial charge in [0.25, 0.3) is 5.91 Å². The molecule has 170 valence electrons. The van der Waals surface area contributed by atoms with Crippen LogP contribution >= 0.6 is 0 Å². The maximum atomic E-state index is 12.1. The summed E-state index contributed by atoms with van der Waals surface area (Å²) in [5.74, 6) is -0.591. The molecule has 0 aliphatic carbocycles. The summed E-state index contributed by atoms with van der Waals surface area (Å²) < 4.78 is 0. The zero-order valence-corrected chi connectivity index (χ0v) is 19.6. The van der Waals surface area contributed by atoms with Crippen molar-refractivity contribution in [3.63, 3.8) is 0 Å². The summed E-state index contributed by atoms with van der Waals surface area (Å²) in [6, 6.07) is 7.62. The number of nitrogens with one attached hydrogen (secondary N) is 1. The summed E-state index contributed by atoms with van der Waals surface area (Å²) in [6.07, 6.45) is 22.7. The predicted octanol–water partition coefficient (Wildman–Crippen LogP) is 7.77. The molecule has 1 aromatic rings. The molecule has 0 heterocycles. The zero-order valence-electron chi connectivity index (χ0n) is 19.6. The first kappa shape index (κ1) is 26.4. The second kappa shape index (κ2) is 18.2. The van der Waals surface area contributed by atoms with Gasteiger partial charge < -0.3 is 0 Å². The van der Waals surface area contributed by atoms with E-state index >= 15 is 0 Å². The van der Waals surface area contributed by atoms with Crippen molar-refractivity contribution >= 4 is 11.8 Å². The van der Waals surface area contributed by atoms with E-state index in [-0.39, 0.29) is 11.8 Å². The molecule has 0 bridgehead atoms. The minimum Gasteiger partial charge on any atom is -0.293 e. The molecule has 30 heavy (non-hydrogen) atoms. The molecule has 0 aliphatic rings. The van der Waals surface area contributed by atoms with Crippen molar-refractivity contribution in [3.05, 3.63) is 35.4 Å². The van der Waals surface area contributed by atoms with Crippen LogP contribution in [0.25, 0.3) is 0 Å². The average molecular weight is 416 g/mol. The highest BCUT2D eigenvalue weighted by Crippen LogP contribution is 2.16. The first-order valence-electron chi connectivity index (χ1n) is 12.5. The topological polar surface area (TPSA) is 46.2 Å². The number of hydrogen-bond donors (Lipinski definition) is 1. The highest BCUT2D eigenvalue weighted by atomic mass is 16.2. The summed E-state index contributed by atoms with van der Waals surface area (Å²) in [6.45, 7) is 3.65. The number of carbonyl (C=O) groups excluding carboxylic acids is 2. The van der Waals surface area contributed by atoms with Crippen LogP contribution < -0.4 is 5.32 Å². The van der Waals surface area contributed by atoms with Crippen LogP contribution in [-0.4, -0.2) is 11.8 Å². The van der Waals surface area contributed by atoms with Crippen molar-refractivity contribution in [1.29, 1.82) is 0 Å². The lowest BCUT2D eigenvalue weighted by atomic mass is 9.99. The van der Waals surface area contributed by atoms with Gasteiger partial charge in [0.1, 0.15) is 0 Å². The minimum absolute atomic E-state index is 0.283. The monoisotopic (exact) mass is 415 g/mol. The minimum atomic E-state index is -0.308. The van der Waals surface area contributed by atoms with Gasteiger partial charge in [-0.1, -0.05) is 121 Å². The molecule has 0 atom stereocenters. The van der Waals surface area contributed by atoms with Crippen LogP contribution in [0, 0.1) is 0 Å². The van der Waals surface area contributed by atoms with Crippen molar-refractivity contribution in [2.45, 2.75) is 123 Å². The molecule has 0 unspecified atom stereocenters. The first-order chi connectivity index (χ1) is 14.6. The van der Waals surface area contributed by atoms with E-state index in [0.717, 1.165) is 18.4 Å². The lowest BCUT2D eigenvalue weighted by Crippen LogP contribution is -2.28. The molecule has 0 saturated carbocycles. The summed E-state index contributed by atoms with van der Waals surface area (Å²) in [5.41, 5.74) is 1.68. The molecule has 1 aromatic carbocycles. The molecule has 0 radical (unpaired) electrons. The van der Waals surface area contributed by atoms with E-state index in [1.165, 1.54) is 103 Å². The van der Waals surface area contributed by atoms with Gasteiger partial charge in [-0.2, -0.15) is 0 Å². The summed E-state index contributed by atoms with van der Waals surface area (Å²) >= 11 is 0. The van der Waals surface area contributed by atoms with E-state index in [1.807, 2.05) is 18.2 Å². The molecule has 3 nitrogen and oxygen atoms in total. The number of imide groups is 1. The lowest BCUT2D eigenvalue weighted by molar-refractivity contribution is -0.118. The van der Waals surface area contributed by atoms with E-state index in [0.29, 0.717) is 5.56 Å². The number of carbonyl (C=O) groups is 2. The third-order valence-corrected chi connectivity index (χ3v) is 5.85. The molecule has 0 aromatic heterocycles. The molecular weight excluding hydrogens is 370 g/mol. The molecular formula is C27H45NO2.